The van der Waals surface area contributed by atoms with Gasteiger partial charge in [0.05, 0.1) is 4.47 Å². The third-order valence-corrected chi connectivity index (χ3v) is 3.17. The van der Waals surface area contributed by atoms with Crippen LogP contribution in [-0.4, -0.2) is 11.1 Å². The van der Waals surface area contributed by atoms with Crippen LogP contribution in [-0.2, 0) is 6.42 Å². The van der Waals surface area contributed by atoms with Crippen molar-refractivity contribution in [2.75, 3.05) is 0 Å². The van der Waals surface area contributed by atoms with Crippen molar-refractivity contribution in [3.8, 4) is 0 Å². The van der Waals surface area contributed by atoms with Crippen molar-refractivity contribution in [3.63, 3.8) is 0 Å². The van der Waals surface area contributed by atoms with Gasteiger partial charge in [-0.3, -0.25) is 0 Å². The molecule has 5 heteroatoms. The number of carbonyl (C=O) groups is 1. The number of hydrogen-bond acceptors (Lipinski definition) is 2. The lowest BCUT2D eigenvalue weighted by atomic mass is 10.1. The first kappa shape index (κ1) is 11.5. The van der Waals surface area contributed by atoms with Crippen molar-refractivity contribution < 1.29 is 14.3 Å². The number of aryl methyl sites for hydroxylation is 1. The third kappa shape index (κ3) is 1.72. The normalized spacial score (nSPS) is 10.9. The molecule has 0 unspecified atom stereocenters. The Kier molecular flexibility index (Phi) is 2.95. The lowest BCUT2D eigenvalue weighted by Crippen LogP contribution is -1.97. The van der Waals surface area contributed by atoms with Crippen molar-refractivity contribution in [1.82, 2.24) is 0 Å². The first-order chi connectivity index (χ1) is 7.54. The van der Waals surface area contributed by atoms with Crippen molar-refractivity contribution in [3.05, 3.63) is 33.0 Å². The molecule has 1 N–H and O–H groups in total. The van der Waals surface area contributed by atoms with Gasteiger partial charge in [0.15, 0.2) is 0 Å². The van der Waals surface area contributed by atoms with Crippen molar-refractivity contribution in [2.24, 2.45) is 0 Å². The number of hydrogen-bond donors (Lipinski definition) is 1. The van der Waals surface area contributed by atoms with Crippen LogP contribution in [0.5, 0.6) is 0 Å². The highest BCUT2D eigenvalue weighted by molar-refractivity contribution is 9.10. The van der Waals surface area contributed by atoms with Gasteiger partial charge in [-0.1, -0.05) is 18.5 Å². The Morgan fingerprint density at radius 1 is 1.56 bits per heavy atom. The summed E-state index contributed by atoms with van der Waals surface area (Å²) in [6.07, 6.45) is 0.585. The predicted octanol–water partition coefficient (Wildman–Crippen LogP) is 4.11. The highest BCUT2D eigenvalue weighted by Gasteiger charge is 2.20. The summed E-state index contributed by atoms with van der Waals surface area (Å²) in [5.41, 5.74) is 1.20. The Balaban J connectivity index is 2.87. The zero-order valence-electron chi connectivity index (χ0n) is 8.38. The average Bonchev–Trinajstić information content (AvgIpc) is 2.56. The molecule has 0 spiro atoms. The molecule has 1 heterocycles. The minimum absolute atomic E-state index is 0.0135. The lowest BCUT2D eigenvalue weighted by molar-refractivity contribution is 0.0663. The molecule has 0 radical (unpaired) electrons. The summed E-state index contributed by atoms with van der Waals surface area (Å²) in [6, 6.07) is 3.40. The van der Waals surface area contributed by atoms with Crippen LogP contribution in [0.3, 0.4) is 0 Å². The molecule has 0 aliphatic heterocycles. The highest BCUT2D eigenvalue weighted by Crippen LogP contribution is 2.34. The lowest BCUT2D eigenvalue weighted by Gasteiger charge is -1.96. The van der Waals surface area contributed by atoms with Crippen molar-refractivity contribution in [2.45, 2.75) is 13.3 Å². The van der Waals surface area contributed by atoms with Gasteiger partial charge in [0, 0.05) is 16.0 Å². The van der Waals surface area contributed by atoms with E-state index in [4.69, 9.17) is 21.1 Å². The van der Waals surface area contributed by atoms with E-state index in [2.05, 4.69) is 15.9 Å². The van der Waals surface area contributed by atoms with Crippen LogP contribution in [0.15, 0.2) is 21.0 Å². The maximum atomic E-state index is 11.0. The number of furan rings is 1. The number of rotatable bonds is 2. The second-order valence-electron chi connectivity index (χ2n) is 3.33. The fourth-order valence-corrected chi connectivity index (χ4v) is 2.59. The summed E-state index contributed by atoms with van der Waals surface area (Å²) in [5.74, 6) is -1.07. The number of aromatic carboxylic acids is 1. The van der Waals surface area contributed by atoms with Gasteiger partial charge in [-0.25, -0.2) is 4.79 Å². The van der Waals surface area contributed by atoms with Gasteiger partial charge in [-0.15, -0.1) is 0 Å². The number of benzene rings is 1. The Bertz CT molecular complexity index is 574. The second kappa shape index (κ2) is 4.11. The zero-order chi connectivity index (χ0) is 11.9. The van der Waals surface area contributed by atoms with Crippen LogP contribution in [0.25, 0.3) is 11.0 Å². The van der Waals surface area contributed by atoms with Crippen molar-refractivity contribution in [1.29, 1.82) is 0 Å². The Morgan fingerprint density at radius 2 is 2.25 bits per heavy atom. The standard InChI is InChI=1S/C11H8BrClO3/c1-2-6-7-3-5(13)4-8(12)9(7)16-10(6)11(14)15/h3-4H,2H2,1H3,(H,14,15). The van der Waals surface area contributed by atoms with E-state index >= 15 is 0 Å². The topological polar surface area (TPSA) is 50.4 Å². The van der Waals surface area contributed by atoms with Crippen LogP contribution < -0.4 is 0 Å². The molecule has 0 saturated carbocycles. The molecule has 3 nitrogen and oxygen atoms in total. The van der Waals surface area contributed by atoms with Gasteiger partial charge in [0.2, 0.25) is 5.76 Å². The highest BCUT2D eigenvalue weighted by atomic mass is 79.9. The van der Waals surface area contributed by atoms with E-state index in [0.717, 1.165) is 5.39 Å². The number of fused-ring (bicyclic) bond motifs is 1. The molecule has 0 fully saturated rings. The van der Waals surface area contributed by atoms with Crippen LogP contribution in [0.4, 0.5) is 0 Å². The summed E-state index contributed by atoms with van der Waals surface area (Å²) in [7, 11) is 0. The molecule has 0 atom stereocenters. The first-order valence-corrected chi connectivity index (χ1v) is 5.85. The van der Waals surface area contributed by atoms with Gasteiger partial charge in [0.1, 0.15) is 5.58 Å². The quantitative estimate of drug-likeness (QED) is 0.908. The predicted molar refractivity (Wildman–Crippen MR) is 65.3 cm³/mol. The van der Waals surface area contributed by atoms with Gasteiger partial charge < -0.3 is 9.52 Å². The maximum Gasteiger partial charge on any atom is 0.372 e. The second-order valence-corrected chi connectivity index (χ2v) is 4.62. The van der Waals surface area contributed by atoms with Gasteiger partial charge in [-0.2, -0.15) is 0 Å². The molecule has 16 heavy (non-hydrogen) atoms. The van der Waals surface area contributed by atoms with Crippen LogP contribution in [0.2, 0.25) is 5.02 Å². The fourth-order valence-electron chi connectivity index (χ4n) is 1.70. The monoisotopic (exact) mass is 302 g/mol. The SMILES string of the molecule is CCc1c(C(=O)O)oc2c(Br)cc(Cl)cc12. The maximum absolute atomic E-state index is 11.0. The van der Waals surface area contributed by atoms with E-state index in [1.54, 1.807) is 12.1 Å². The summed E-state index contributed by atoms with van der Waals surface area (Å²) >= 11 is 9.22. The molecular weight excluding hydrogens is 295 g/mol. The third-order valence-electron chi connectivity index (χ3n) is 2.36. The minimum atomic E-state index is -1.06. The molecule has 0 aliphatic carbocycles. The van der Waals surface area contributed by atoms with Crippen molar-refractivity contribution >= 4 is 44.5 Å². The number of carboxylic acids is 1. The summed E-state index contributed by atoms with van der Waals surface area (Å²) in [5, 5.41) is 10.3. The molecule has 1 aromatic carbocycles. The Hall–Kier alpha value is -1.00. The molecule has 0 amide bonds. The van der Waals surface area contributed by atoms with E-state index in [0.29, 0.717) is 27.1 Å². The van der Waals surface area contributed by atoms with Crippen LogP contribution >= 0.6 is 27.5 Å². The van der Waals surface area contributed by atoms with E-state index in [9.17, 15) is 4.79 Å². The smallest absolute Gasteiger partial charge is 0.372 e. The molecule has 2 rings (SSSR count). The molecule has 0 saturated heterocycles. The summed E-state index contributed by atoms with van der Waals surface area (Å²) < 4.78 is 6.00. The van der Waals surface area contributed by atoms with E-state index in [1.807, 2.05) is 6.92 Å². The average molecular weight is 304 g/mol. The minimum Gasteiger partial charge on any atom is -0.475 e. The Labute approximate surface area is 105 Å². The molecular formula is C11H8BrClO3. The zero-order valence-corrected chi connectivity index (χ0v) is 10.7. The van der Waals surface area contributed by atoms with Crippen LogP contribution in [0, 0.1) is 0 Å². The van der Waals surface area contributed by atoms with Gasteiger partial charge >= 0.3 is 5.97 Å². The van der Waals surface area contributed by atoms with E-state index in [-0.39, 0.29) is 5.76 Å². The first-order valence-electron chi connectivity index (χ1n) is 4.68. The molecule has 0 bridgehead atoms. The van der Waals surface area contributed by atoms with Crippen LogP contribution in [0.1, 0.15) is 23.0 Å². The number of carboxylic acid groups (broad SMARTS) is 1. The van der Waals surface area contributed by atoms with Gasteiger partial charge in [0.25, 0.3) is 0 Å². The molecule has 0 aliphatic rings. The van der Waals surface area contributed by atoms with Gasteiger partial charge in [-0.05, 0) is 34.5 Å². The fraction of sp³-hybridized carbons (Fsp3) is 0.182. The van der Waals surface area contributed by atoms with E-state index in [1.165, 1.54) is 0 Å². The summed E-state index contributed by atoms with van der Waals surface area (Å²) in [4.78, 5) is 11.0. The number of halogens is 2. The molecule has 2 aromatic rings. The Morgan fingerprint density at radius 3 is 2.81 bits per heavy atom. The summed E-state index contributed by atoms with van der Waals surface area (Å²) in [6.45, 7) is 1.88. The molecule has 84 valence electrons. The largest absolute Gasteiger partial charge is 0.475 e. The molecule has 1 aromatic heterocycles. The van der Waals surface area contributed by atoms with E-state index < -0.39 is 5.97 Å².